The molecule has 0 aliphatic rings. The average Bonchev–Trinajstić information content (AvgIpc) is 2.89. The van der Waals surface area contributed by atoms with Gasteiger partial charge in [-0.1, -0.05) is 76.6 Å². The van der Waals surface area contributed by atoms with E-state index in [4.69, 9.17) is 9.47 Å². The second-order valence-electron chi connectivity index (χ2n) is 8.12. The fourth-order valence-corrected chi connectivity index (χ4v) is 4.26. The molecule has 0 bridgehead atoms. The monoisotopic (exact) mass is 540 g/mol. The van der Waals surface area contributed by atoms with Gasteiger partial charge in [0.05, 0.1) is 6.61 Å². The number of anilines is 1. The quantitative estimate of drug-likeness (QED) is 0.186. The molecule has 4 aromatic carbocycles. The van der Waals surface area contributed by atoms with Crippen molar-refractivity contribution >= 4 is 44.4 Å². The molecule has 1 amide bonds. The van der Waals surface area contributed by atoms with Gasteiger partial charge in [0.25, 0.3) is 5.91 Å². The number of carbonyl (C=O) groups is 1. The highest BCUT2D eigenvalue weighted by molar-refractivity contribution is 9.10. The van der Waals surface area contributed by atoms with Gasteiger partial charge < -0.3 is 14.8 Å². The molecule has 0 unspecified atom stereocenters. The van der Waals surface area contributed by atoms with E-state index in [1.54, 1.807) is 18.2 Å². The van der Waals surface area contributed by atoms with Gasteiger partial charge in [-0.05, 0) is 65.6 Å². The Labute approximate surface area is 219 Å². The third-order valence-electron chi connectivity index (χ3n) is 5.68. The first-order chi connectivity index (χ1) is 17.5. The summed E-state index contributed by atoms with van der Waals surface area (Å²) in [5.74, 6) is 0.619. The number of ether oxygens (including phenoxy) is 2. The number of fused-ring (bicyclic) bond motifs is 1. The molecule has 5 nitrogen and oxygen atoms in total. The number of carbonyl (C=O) groups excluding carboxylic acids is 1. The normalized spacial score (nSPS) is 11.1. The van der Waals surface area contributed by atoms with Crippen molar-refractivity contribution in [2.24, 2.45) is 0 Å². The number of aryl methyl sites for hydroxylation is 1. The van der Waals surface area contributed by atoms with E-state index in [1.807, 2.05) is 62.4 Å². The van der Waals surface area contributed by atoms with Crippen LogP contribution in [0.3, 0.4) is 0 Å². The van der Waals surface area contributed by atoms with E-state index < -0.39 is 5.91 Å². The number of halogens is 1. The lowest BCUT2D eigenvalue weighted by Gasteiger charge is -2.15. The summed E-state index contributed by atoms with van der Waals surface area (Å²) in [4.78, 5) is 12.8. The van der Waals surface area contributed by atoms with Crippen molar-refractivity contribution < 1.29 is 14.3 Å². The first-order valence-corrected chi connectivity index (χ1v) is 12.3. The molecule has 0 aliphatic heterocycles. The molecule has 0 fully saturated rings. The number of hydrogen-bond acceptors (Lipinski definition) is 4. The zero-order valence-corrected chi connectivity index (χ0v) is 21.6. The number of para-hydroxylation sites is 1. The highest BCUT2D eigenvalue weighted by Gasteiger charge is 2.15. The van der Waals surface area contributed by atoms with E-state index in [0.717, 1.165) is 21.9 Å². The average molecular weight is 541 g/mol. The van der Waals surface area contributed by atoms with Crippen molar-refractivity contribution in [3.63, 3.8) is 0 Å². The van der Waals surface area contributed by atoms with Crippen LogP contribution < -0.4 is 14.8 Å². The fourth-order valence-electron chi connectivity index (χ4n) is 3.82. The zero-order chi connectivity index (χ0) is 25.5. The third-order valence-corrected chi connectivity index (χ3v) is 6.37. The van der Waals surface area contributed by atoms with Crippen LogP contribution in [0.1, 0.15) is 23.6 Å². The maximum absolute atomic E-state index is 12.8. The Bertz CT molecular complexity index is 1480. The van der Waals surface area contributed by atoms with Crippen LogP contribution in [0.15, 0.2) is 88.9 Å². The molecule has 6 heteroatoms. The number of amides is 1. The van der Waals surface area contributed by atoms with Crippen molar-refractivity contribution in [2.75, 3.05) is 11.9 Å². The lowest BCUT2D eigenvalue weighted by atomic mass is 10.1. The lowest BCUT2D eigenvalue weighted by Crippen LogP contribution is -2.14. The van der Waals surface area contributed by atoms with Crippen LogP contribution in [-0.4, -0.2) is 12.5 Å². The first kappa shape index (κ1) is 25.0. The van der Waals surface area contributed by atoms with Crippen molar-refractivity contribution in [1.29, 1.82) is 5.26 Å². The molecule has 0 spiro atoms. The van der Waals surface area contributed by atoms with Crippen LogP contribution in [0, 0.1) is 18.3 Å². The molecule has 0 aromatic heterocycles. The van der Waals surface area contributed by atoms with E-state index in [2.05, 4.69) is 39.4 Å². The topological polar surface area (TPSA) is 71.3 Å². The summed E-state index contributed by atoms with van der Waals surface area (Å²) in [5.41, 5.74) is 3.25. The van der Waals surface area contributed by atoms with Crippen LogP contribution in [-0.2, 0) is 11.4 Å². The van der Waals surface area contributed by atoms with Crippen LogP contribution >= 0.6 is 15.9 Å². The molecule has 0 atom stereocenters. The Hall–Kier alpha value is -4.08. The number of benzene rings is 4. The molecule has 4 aromatic rings. The molecule has 4 rings (SSSR count). The van der Waals surface area contributed by atoms with Gasteiger partial charge in [0, 0.05) is 10.2 Å². The summed E-state index contributed by atoms with van der Waals surface area (Å²) in [6.07, 6.45) is 1.54. The van der Waals surface area contributed by atoms with Gasteiger partial charge in [-0.3, -0.25) is 4.79 Å². The number of nitriles is 1. The third kappa shape index (κ3) is 5.76. The Morgan fingerprint density at radius 1 is 1.00 bits per heavy atom. The molecule has 0 heterocycles. The molecule has 180 valence electrons. The van der Waals surface area contributed by atoms with Crippen LogP contribution in [0.4, 0.5) is 5.69 Å². The number of nitrogens with one attached hydrogen (secondary N) is 1. The van der Waals surface area contributed by atoms with E-state index in [9.17, 15) is 10.1 Å². The minimum Gasteiger partial charge on any atom is -0.490 e. The Morgan fingerprint density at radius 2 is 1.72 bits per heavy atom. The zero-order valence-electron chi connectivity index (χ0n) is 20.0. The summed E-state index contributed by atoms with van der Waals surface area (Å²) in [5, 5.41) is 14.8. The van der Waals surface area contributed by atoms with E-state index in [0.29, 0.717) is 40.4 Å². The Morgan fingerprint density at radius 3 is 2.50 bits per heavy atom. The minimum atomic E-state index is -0.479. The highest BCUT2D eigenvalue weighted by atomic mass is 79.9. The largest absolute Gasteiger partial charge is 0.490 e. The van der Waals surface area contributed by atoms with Crippen molar-refractivity contribution in [3.05, 3.63) is 106 Å². The van der Waals surface area contributed by atoms with E-state index in [1.165, 1.54) is 6.08 Å². The van der Waals surface area contributed by atoms with Gasteiger partial charge in [0.15, 0.2) is 11.5 Å². The summed E-state index contributed by atoms with van der Waals surface area (Å²) < 4.78 is 12.7. The molecule has 0 saturated carbocycles. The maximum atomic E-state index is 12.8. The maximum Gasteiger partial charge on any atom is 0.266 e. The Kier molecular flexibility index (Phi) is 8.04. The van der Waals surface area contributed by atoms with Gasteiger partial charge in [0.2, 0.25) is 0 Å². The van der Waals surface area contributed by atoms with Crippen LogP contribution in [0.2, 0.25) is 0 Å². The molecule has 0 aliphatic carbocycles. The van der Waals surface area contributed by atoms with Gasteiger partial charge >= 0.3 is 0 Å². The number of nitrogens with zero attached hydrogens (tertiary/aromatic N) is 1. The summed E-state index contributed by atoms with van der Waals surface area (Å²) in [7, 11) is 0. The fraction of sp³-hybridized carbons (Fsp3) is 0.133. The molecule has 1 N–H and O–H groups in total. The smallest absolute Gasteiger partial charge is 0.266 e. The van der Waals surface area contributed by atoms with Crippen molar-refractivity contribution in [3.8, 4) is 17.6 Å². The van der Waals surface area contributed by atoms with E-state index >= 15 is 0 Å². The summed E-state index contributed by atoms with van der Waals surface area (Å²) in [6.45, 7) is 4.59. The van der Waals surface area contributed by atoms with Crippen LogP contribution in [0.5, 0.6) is 11.5 Å². The lowest BCUT2D eigenvalue weighted by molar-refractivity contribution is -0.112. The van der Waals surface area contributed by atoms with E-state index in [-0.39, 0.29) is 5.57 Å². The van der Waals surface area contributed by atoms with Gasteiger partial charge in [-0.15, -0.1) is 0 Å². The second-order valence-corrected chi connectivity index (χ2v) is 8.97. The van der Waals surface area contributed by atoms with Gasteiger partial charge in [0.1, 0.15) is 18.2 Å². The van der Waals surface area contributed by atoms with Crippen molar-refractivity contribution in [1.82, 2.24) is 0 Å². The van der Waals surface area contributed by atoms with Gasteiger partial charge in [-0.2, -0.15) is 5.26 Å². The SMILES string of the molecule is CCOc1cc(/C=C(\C#N)C(=O)Nc2ccccc2C)c(Br)cc1OCc1cccc2ccccc12. The highest BCUT2D eigenvalue weighted by Crippen LogP contribution is 2.36. The summed E-state index contributed by atoms with van der Waals surface area (Å²) in [6, 6.07) is 27.3. The van der Waals surface area contributed by atoms with Crippen molar-refractivity contribution in [2.45, 2.75) is 20.5 Å². The number of hydrogen-bond donors (Lipinski definition) is 1. The molecule has 0 saturated heterocycles. The first-order valence-electron chi connectivity index (χ1n) is 11.5. The Balaban J connectivity index is 1.60. The predicted octanol–water partition coefficient (Wildman–Crippen LogP) is 7.43. The minimum absolute atomic E-state index is 0.0224. The molecule has 36 heavy (non-hydrogen) atoms. The summed E-state index contributed by atoms with van der Waals surface area (Å²) >= 11 is 3.56. The molecular formula is C30H25BrN2O3. The molecular weight excluding hydrogens is 516 g/mol. The van der Waals surface area contributed by atoms with Crippen LogP contribution in [0.25, 0.3) is 16.8 Å². The number of rotatable bonds is 8. The second kappa shape index (κ2) is 11.6. The van der Waals surface area contributed by atoms with Gasteiger partial charge in [-0.25, -0.2) is 0 Å². The predicted molar refractivity (Wildman–Crippen MR) is 147 cm³/mol. The standard InChI is InChI=1S/C30H25BrN2O3/c1-3-35-28-16-23(15-24(18-32)30(34)33-27-14-7-4-9-20(27)2)26(31)17-29(28)36-19-22-12-8-11-21-10-5-6-13-25(21)22/h4-17H,3,19H2,1-2H3,(H,33,34)/b24-15+. The molecule has 0 radical (unpaired) electrons.